The van der Waals surface area contributed by atoms with Gasteiger partial charge in [0.25, 0.3) is 0 Å². The summed E-state index contributed by atoms with van der Waals surface area (Å²) in [6.07, 6.45) is 3.53. The van der Waals surface area contributed by atoms with Crippen molar-refractivity contribution < 1.29 is 0 Å². The Kier molecular flexibility index (Phi) is 5.60. The minimum atomic E-state index is 0.603. The quantitative estimate of drug-likeness (QED) is 0.349. The summed E-state index contributed by atoms with van der Waals surface area (Å²) in [6, 6.07) is 29.5. The molecule has 0 spiro atoms. The lowest BCUT2D eigenvalue weighted by Crippen LogP contribution is -2.05. The minimum Gasteiger partial charge on any atom is -0.378 e. The maximum Gasteiger partial charge on any atom is 0.162 e. The predicted octanol–water partition coefficient (Wildman–Crippen LogP) is 5.92. The third-order valence-electron chi connectivity index (χ3n) is 5.28. The van der Waals surface area contributed by atoms with E-state index < -0.39 is 0 Å². The smallest absolute Gasteiger partial charge is 0.162 e. The molecule has 0 aliphatic heterocycles. The lowest BCUT2D eigenvalue weighted by Gasteiger charge is -2.15. The number of aromatic nitrogens is 3. The molecule has 2 N–H and O–H groups in total. The summed E-state index contributed by atoms with van der Waals surface area (Å²) < 4.78 is 0. The largest absolute Gasteiger partial charge is 0.378 e. The third kappa shape index (κ3) is 4.48. The molecule has 33 heavy (non-hydrogen) atoms. The van der Waals surface area contributed by atoms with Gasteiger partial charge in [0.05, 0.1) is 34.7 Å². The molecule has 5 rings (SSSR count). The number of nitrogens with one attached hydrogen (secondary N) is 2. The van der Waals surface area contributed by atoms with E-state index in [9.17, 15) is 0 Å². The Morgan fingerprint density at radius 2 is 1.58 bits per heavy atom. The Balaban J connectivity index is 1.47. The molecule has 0 fully saturated rings. The zero-order chi connectivity index (χ0) is 22.5. The van der Waals surface area contributed by atoms with E-state index in [1.54, 1.807) is 12.4 Å². The molecule has 0 aliphatic rings. The van der Waals surface area contributed by atoms with Gasteiger partial charge in [0.1, 0.15) is 5.82 Å². The molecule has 0 radical (unpaired) electrons. The molecular weight excluding hydrogens is 408 g/mol. The van der Waals surface area contributed by atoms with Crippen LogP contribution in [-0.4, -0.2) is 15.0 Å². The second-order valence-corrected chi connectivity index (χ2v) is 7.49. The number of nitrogens with zero attached hydrogens (tertiary/aromatic N) is 4. The number of hydrogen-bond acceptors (Lipinski definition) is 6. The number of nitriles is 1. The molecule has 6 nitrogen and oxygen atoms in total. The van der Waals surface area contributed by atoms with E-state index in [1.807, 2.05) is 84.9 Å². The molecule has 5 aromatic rings. The van der Waals surface area contributed by atoms with E-state index >= 15 is 0 Å². The summed E-state index contributed by atoms with van der Waals surface area (Å²) in [5.74, 6) is 1.39. The maximum absolute atomic E-state index is 8.99. The van der Waals surface area contributed by atoms with Crippen LogP contribution in [0.3, 0.4) is 0 Å². The van der Waals surface area contributed by atoms with Crippen LogP contribution in [0.5, 0.6) is 0 Å². The molecule has 0 bridgehead atoms. The van der Waals surface area contributed by atoms with Gasteiger partial charge in [0.2, 0.25) is 0 Å². The van der Waals surface area contributed by atoms with E-state index in [-0.39, 0.29) is 0 Å². The molecule has 158 valence electrons. The SMILES string of the molecule is N#Cc1ccc(CNc2cnccc2Nc2nc(-c3ccccc3)nc3ccccc23)cc1. The molecule has 0 saturated heterocycles. The van der Waals surface area contributed by atoms with Crippen LogP contribution in [0.25, 0.3) is 22.3 Å². The first-order valence-electron chi connectivity index (χ1n) is 10.6. The van der Waals surface area contributed by atoms with Crippen molar-refractivity contribution >= 4 is 28.1 Å². The monoisotopic (exact) mass is 428 g/mol. The fourth-order valence-corrected chi connectivity index (χ4v) is 3.55. The predicted molar refractivity (Wildman–Crippen MR) is 131 cm³/mol. The standard InChI is InChI=1S/C27H20N6/c28-16-19-10-12-20(13-11-19)17-30-25-18-29-15-14-24(25)32-27-22-8-4-5-9-23(22)31-26(33-27)21-6-2-1-3-7-21/h1-15,18,30H,17H2,(H,29,31,32,33). The topological polar surface area (TPSA) is 86.5 Å². The average Bonchev–Trinajstić information content (AvgIpc) is 2.89. The van der Waals surface area contributed by atoms with Crippen molar-refractivity contribution in [1.29, 1.82) is 5.26 Å². The van der Waals surface area contributed by atoms with Gasteiger partial charge < -0.3 is 10.6 Å². The average molecular weight is 428 g/mol. The minimum absolute atomic E-state index is 0.603. The highest BCUT2D eigenvalue weighted by molar-refractivity contribution is 5.93. The molecular formula is C27H20N6. The Labute approximate surface area is 191 Å². The van der Waals surface area contributed by atoms with Gasteiger partial charge in [0.15, 0.2) is 5.82 Å². The van der Waals surface area contributed by atoms with Gasteiger partial charge in [-0.2, -0.15) is 5.26 Å². The van der Waals surface area contributed by atoms with Gasteiger partial charge in [-0.15, -0.1) is 0 Å². The second-order valence-electron chi connectivity index (χ2n) is 7.49. The highest BCUT2D eigenvalue weighted by Gasteiger charge is 2.11. The van der Waals surface area contributed by atoms with Crippen molar-refractivity contribution in [2.45, 2.75) is 6.54 Å². The summed E-state index contributed by atoms with van der Waals surface area (Å²) in [7, 11) is 0. The number of fused-ring (bicyclic) bond motifs is 1. The van der Waals surface area contributed by atoms with E-state index in [1.165, 1.54) is 0 Å². The first-order valence-corrected chi connectivity index (χ1v) is 10.6. The van der Waals surface area contributed by atoms with Crippen LogP contribution in [0.2, 0.25) is 0 Å². The summed E-state index contributed by atoms with van der Waals surface area (Å²) >= 11 is 0. The zero-order valence-electron chi connectivity index (χ0n) is 17.7. The van der Waals surface area contributed by atoms with E-state index in [0.29, 0.717) is 17.9 Å². The number of hydrogen-bond donors (Lipinski definition) is 2. The van der Waals surface area contributed by atoms with E-state index in [0.717, 1.165) is 39.2 Å². The first-order chi connectivity index (χ1) is 16.3. The number of pyridine rings is 1. The normalized spacial score (nSPS) is 10.5. The molecule has 2 aromatic heterocycles. The van der Waals surface area contributed by atoms with Crippen LogP contribution >= 0.6 is 0 Å². The van der Waals surface area contributed by atoms with Crippen molar-refractivity contribution in [2.75, 3.05) is 10.6 Å². The number of rotatable bonds is 6. The molecule has 0 aliphatic carbocycles. The summed E-state index contributed by atoms with van der Waals surface area (Å²) in [4.78, 5) is 13.9. The van der Waals surface area contributed by atoms with Crippen LogP contribution in [0.4, 0.5) is 17.2 Å². The fraction of sp³-hybridized carbons (Fsp3) is 0.0370. The maximum atomic E-state index is 8.99. The number of anilines is 3. The van der Waals surface area contributed by atoms with Gasteiger partial charge >= 0.3 is 0 Å². The molecule has 6 heteroatoms. The fourth-order valence-electron chi connectivity index (χ4n) is 3.55. The van der Waals surface area contributed by atoms with Gasteiger partial charge in [-0.3, -0.25) is 4.98 Å². The van der Waals surface area contributed by atoms with Crippen LogP contribution in [-0.2, 0) is 6.54 Å². The highest BCUT2D eigenvalue weighted by Crippen LogP contribution is 2.30. The lowest BCUT2D eigenvalue weighted by atomic mass is 10.1. The van der Waals surface area contributed by atoms with Crippen LogP contribution in [0.15, 0.2) is 97.3 Å². The summed E-state index contributed by atoms with van der Waals surface area (Å²) in [6.45, 7) is 0.603. The van der Waals surface area contributed by atoms with Crippen LogP contribution in [0.1, 0.15) is 11.1 Å². The molecule has 0 unspecified atom stereocenters. The van der Waals surface area contributed by atoms with Crippen LogP contribution in [0, 0.1) is 11.3 Å². The van der Waals surface area contributed by atoms with Gasteiger partial charge in [-0.05, 0) is 35.9 Å². The van der Waals surface area contributed by atoms with Crippen molar-refractivity contribution in [2.24, 2.45) is 0 Å². The Hall–Kier alpha value is -4.76. The van der Waals surface area contributed by atoms with Gasteiger partial charge in [-0.25, -0.2) is 9.97 Å². The van der Waals surface area contributed by atoms with Crippen molar-refractivity contribution in [3.8, 4) is 17.5 Å². The molecule has 3 aromatic carbocycles. The van der Waals surface area contributed by atoms with Crippen LogP contribution < -0.4 is 10.6 Å². The Morgan fingerprint density at radius 3 is 2.39 bits per heavy atom. The highest BCUT2D eigenvalue weighted by atomic mass is 15.1. The van der Waals surface area contributed by atoms with Crippen molar-refractivity contribution in [3.63, 3.8) is 0 Å². The molecule has 0 amide bonds. The molecule has 0 saturated carbocycles. The summed E-state index contributed by atoms with van der Waals surface area (Å²) in [5.41, 5.74) is 5.26. The molecule has 0 atom stereocenters. The summed E-state index contributed by atoms with van der Waals surface area (Å²) in [5, 5.41) is 16.8. The van der Waals surface area contributed by atoms with E-state index in [4.69, 9.17) is 15.2 Å². The third-order valence-corrected chi connectivity index (χ3v) is 5.28. The Morgan fingerprint density at radius 1 is 0.788 bits per heavy atom. The first kappa shape index (κ1) is 20.2. The van der Waals surface area contributed by atoms with Gasteiger partial charge in [0, 0.05) is 23.7 Å². The number of benzene rings is 3. The van der Waals surface area contributed by atoms with Gasteiger partial charge in [-0.1, -0.05) is 54.6 Å². The Bertz CT molecular complexity index is 1440. The second kappa shape index (κ2) is 9.16. The van der Waals surface area contributed by atoms with Crippen molar-refractivity contribution in [1.82, 2.24) is 15.0 Å². The lowest BCUT2D eigenvalue weighted by molar-refractivity contribution is 1.13. The van der Waals surface area contributed by atoms with E-state index in [2.05, 4.69) is 21.7 Å². The molecule has 2 heterocycles. The number of para-hydroxylation sites is 1. The van der Waals surface area contributed by atoms with Crippen molar-refractivity contribution in [3.05, 3.63) is 108 Å². The zero-order valence-corrected chi connectivity index (χ0v) is 17.7.